The Bertz CT molecular complexity index is 1040. The second-order valence-electron chi connectivity index (χ2n) is 7.85. The first-order chi connectivity index (χ1) is 15.5. The summed E-state index contributed by atoms with van der Waals surface area (Å²) in [5.41, 5.74) is -0.363. The number of hydrogen-bond acceptors (Lipinski definition) is 5. The van der Waals surface area contributed by atoms with E-state index in [4.69, 9.17) is 0 Å². The van der Waals surface area contributed by atoms with Crippen LogP contribution in [0.25, 0.3) is 0 Å². The number of alkyl halides is 3. The Morgan fingerprint density at radius 2 is 1.97 bits per heavy atom. The highest BCUT2D eigenvalue weighted by Gasteiger charge is 2.40. The van der Waals surface area contributed by atoms with Crippen LogP contribution >= 0.6 is 0 Å². The molecule has 176 valence electrons. The maximum Gasteiger partial charge on any atom is 0.416 e. The fraction of sp³-hybridized carbons (Fsp3) is 0.364. The van der Waals surface area contributed by atoms with Crippen LogP contribution in [0.2, 0.25) is 0 Å². The van der Waals surface area contributed by atoms with E-state index in [1.54, 1.807) is 6.07 Å². The molecule has 1 atom stereocenters. The molecule has 0 saturated carbocycles. The molecule has 0 unspecified atom stereocenters. The van der Waals surface area contributed by atoms with Crippen molar-refractivity contribution in [1.82, 2.24) is 9.88 Å². The standard InChI is InChI=1S/C22H23F3N4O4/c1-13(2)18-11-28(16-7-8-17(26-10-16)20(31)33-3)21(32)29(18)12-19(30)27-15-6-4-5-14(9-15)22(23,24)25/h4-10,13,18H,11-12H2,1-3H3,(H,27,30)/t18-/m1/s1. The molecule has 3 amide bonds. The molecule has 33 heavy (non-hydrogen) atoms. The Kier molecular flexibility index (Phi) is 6.89. The van der Waals surface area contributed by atoms with E-state index in [2.05, 4.69) is 15.0 Å². The van der Waals surface area contributed by atoms with Gasteiger partial charge in [0, 0.05) is 12.2 Å². The molecule has 0 spiro atoms. The molecule has 2 heterocycles. The van der Waals surface area contributed by atoms with Gasteiger partial charge < -0.3 is 15.0 Å². The zero-order valence-corrected chi connectivity index (χ0v) is 18.2. The number of anilines is 2. The molecule has 1 saturated heterocycles. The molecule has 1 aliphatic rings. The number of ether oxygens (including phenoxy) is 1. The number of benzene rings is 1. The van der Waals surface area contributed by atoms with Gasteiger partial charge in [-0.3, -0.25) is 9.69 Å². The van der Waals surface area contributed by atoms with Crippen LogP contribution in [-0.2, 0) is 15.7 Å². The third kappa shape index (κ3) is 5.41. The molecule has 11 heteroatoms. The maximum absolute atomic E-state index is 13.1. The average Bonchev–Trinajstić information content (AvgIpc) is 3.09. The van der Waals surface area contributed by atoms with Gasteiger partial charge in [-0.25, -0.2) is 14.6 Å². The molecule has 1 aromatic heterocycles. The maximum atomic E-state index is 13.1. The number of urea groups is 1. The first-order valence-electron chi connectivity index (χ1n) is 10.1. The highest BCUT2D eigenvalue weighted by Crippen LogP contribution is 2.31. The van der Waals surface area contributed by atoms with Gasteiger partial charge in [-0.15, -0.1) is 0 Å². The second-order valence-corrected chi connectivity index (χ2v) is 7.85. The van der Waals surface area contributed by atoms with Crippen molar-refractivity contribution in [2.75, 3.05) is 30.4 Å². The van der Waals surface area contributed by atoms with Crippen LogP contribution in [0.3, 0.4) is 0 Å². The van der Waals surface area contributed by atoms with E-state index in [1.807, 2.05) is 13.8 Å². The number of hydrogen-bond donors (Lipinski definition) is 1. The van der Waals surface area contributed by atoms with Crippen LogP contribution in [-0.4, -0.2) is 54.0 Å². The third-order valence-corrected chi connectivity index (χ3v) is 5.26. The number of rotatable bonds is 6. The van der Waals surface area contributed by atoms with Crippen LogP contribution in [0.4, 0.5) is 29.3 Å². The normalized spacial score (nSPS) is 16.3. The van der Waals surface area contributed by atoms with Crippen molar-refractivity contribution in [2.24, 2.45) is 5.92 Å². The Morgan fingerprint density at radius 1 is 1.24 bits per heavy atom. The zero-order valence-electron chi connectivity index (χ0n) is 18.2. The molecular formula is C22H23F3N4O4. The summed E-state index contributed by atoms with van der Waals surface area (Å²) in [5, 5.41) is 2.43. The summed E-state index contributed by atoms with van der Waals surface area (Å²) in [7, 11) is 1.23. The first kappa shape index (κ1) is 24.0. The van der Waals surface area contributed by atoms with E-state index in [0.717, 1.165) is 12.1 Å². The van der Waals surface area contributed by atoms with Crippen molar-refractivity contribution < 1.29 is 32.3 Å². The largest absolute Gasteiger partial charge is 0.464 e. The Hall–Kier alpha value is -3.63. The molecule has 1 aromatic carbocycles. The van der Waals surface area contributed by atoms with Gasteiger partial charge in [0.05, 0.1) is 30.6 Å². The van der Waals surface area contributed by atoms with Crippen molar-refractivity contribution in [3.8, 4) is 0 Å². The predicted octanol–water partition coefficient (Wildman–Crippen LogP) is 3.79. The topological polar surface area (TPSA) is 91.8 Å². The molecular weight excluding hydrogens is 441 g/mol. The number of nitrogens with one attached hydrogen (secondary N) is 1. The van der Waals surface area contributed by atoms with E-state index in [-0.39, 0.29) is 36.4 Å². The quantitative estimate of drug-likeness (QED) is 0.657. The number of nitrogens with zero attached hydrogens (tertiary/aromatic N) is 3. The van der Waals surface area contributed by atoms with E-state index >= 15 is 0 Å². The summed E-state index contributed by atoms with van der Waals surface area (Å²) in [6.07, 6.45) is -3.17. The van der Waals surface area contributed by atoms with E-state index < -0.39 is 29.6 Å². The molecule has 1 fully saturated rings. The minimum Gasteiger partial charge on any atom is -0.464 e. The second kappa shape index (κ2) is 9.47. The van der Waals surface area contributed by atoms with Gasteiger partial charge in [0.25, 0.3) is 0 Å². The van der Waals surface area contributed by atoms with Gasteiger partial charge in [-0.05, 0) is 36.2 Å². The van der Waals surface area contributed by atoms with Gasteiger partial charge in [0.2, 0.25) is 5.91 Å². The van der Waals surface area contributed by atoms with E-state index in [1.165, 1.54) is 41.3 Å². The molecule has 2 aromatic rings. The van der Waals surface area contributed by atoms with Crippen LogP contribution in [0.1, 0.15) is 29.9 Å². The summed E-state index contributed by atoms with van der Waals surface area (Å²) in [6, 6.07) is 6.52. The lowest BCUT2D eigenvalue weighted by Crippen LogP contribution is -2.42. The van der Waals surface area contributed by atoms with Crippen LogP contribution in [0.15, 0.2) is 42.6 Å². The Morgan fingerprint density at radius 3 is 2.55 bits per heavy atom. The van der Waals surface area contributed by atoms with Crippen molar-refractivity contribution in [3.05, 3.63) is 53.9 Å². The van der Waals surface area contributed by atoms with Crippen molar-refractivity contribution >= 4 is 29.3 Å². The smallest absolute Gasteiger partial charge is 0.416 e. The summed E-state index contributed by atoms with van der Waals surface area (Å²) in [4.78, 5) is 44.0. The highest BCUT2D eigenvalue weighted by molar-refractivity contribution is 6.00. The molecule has 0 bridgehead atoms. The van der Waals surface area contributed by atoms with Gasteiger partial charge in [-0.2, -0.15) is 13.2 Å². The van der Waals surface area contributed by atoms with Crippen molar-refractivity contribution in [2.45, 2.75) is 26.1 Å². The number of carbonyl (C=O) groups is 3. The van der Waals surface area contributed by atoms with Crippen molar-refractivity contribution in [3.63, 3.8) is 0 Å². The number of carbonyl (C=O) groups excluding carboxylic acids is 3. The highest BCUT2D eigenvalue weighted by atomic mass is 19.4. The summed E-state index contributed by atoms with van der Waals surface area (Å²) < 4.78 is 43.4. The monoisotopic (exact) mass is 464 g/mol. The number of methoxy groups -OCH3 is 1. The molecule has 8 nitrogen and oxygen atoms in total. The molecule has 0 radical (unpaired) electrons. The van der Waals surface area contributed by atoms with Crippen LogP contribution in [0, 0.1) is 5.92 Å². The van der Waals surface area contributed by atoms with Gasteiger partial charge >= 0.3 is 18.2 Å². The van der Waals surface area contributed by atoms with Gasteiger partial charge in [-0.1, -0.05) is 19.9 Å². The lowest BCUT2D eigenvalue weighted by atomic mass is 10.0. The summed E-state index contributed by atoms with van der Waals surface area (Å²) in [5.74, 6) is -1.22. The van der Waals surface area contributed by atoms with Crippen LogP contribution < -0.4 is 10.2 Å². The number of pyridine rings is 1. The molecule has 3 rings (SSSR count). The SMILES string of the molecule is COC(=O)c1ccc(N2C[C@H](C(C)C)N(CC(=O)Nc3cccc(C(F)(F)F)c3)C2=O)cn1. The van der Waals surface area contributed by atoms with E-state index in [9.17, 15) is 27.6 Å². The predicted molar refractivity (Wildman–Crippen MR) is 114 cm³/mol. The average molecular weight is 464 g/mol. The van der Waals surface area contributed by atoms with Crippen LogP contribution in [0.5, 0.6) is 0 Å². The van der Waals surface area contributed by atoms with E-state index in [0.29, 0.717) is 5.69 Å². The Labute approximate surface area is 188 Å². The molecule has 1 N–H and O–H groups in total. The fourth-order valence-corrected chi connectivity index (χ4v) is 3.53. The Balaban J connectivity index is 1.74. The first-order valence-corrected chi connectivity index (χ1v) is 10.1. The molecule has 1 aliphatic heterocycles. The van der Waals surface area contributed by atoms with Crippen molar-refractivity contribution in [1.29, 1.82) is 0 Å². The third-order valence-electron chi connectivity index (χ3n) is 5.26. The minimum atomic E-state index is -4.54. The fourth-order valence-electron chi connectivity index (χ4n) is 3.53. The summed E-state index contributed by atoms with van der Waals surface area (Å²) >= 11 is 0. The number of halogens is 3. The lowest BCUT2D eigenvalue weighted by Gasteiger charge is -2.25. The number of esters is 1. The minimum absolute atomic E-state index is 0.00242. The lowest BCUT2D eigenvalue weighted by molar-refractivity contribution is -0.137. The molecule has 0 aliphatic carbocycles. The number of aromatic nitrogens is 1. The van der Waals surface area contributed by atoms with Gasteiger partial charge in [0.1, 0.15) is 12.2 Å². The number of amides is 3. The summed E-state index contributed by atoms with van der Waals surface area (Å²) in [6.45, 7) is 3.75. The van der Waals surface area contributed by atoms with Gasteiger partial charge in [0.15, 0.2) is 0 Å². The zero-order chi connectivity index (χ0) is 24.3.